The third-order valence-corrected chi connectivity index (χ3v) is 2.16. The fourth-order valence-corrected chi connectivity index (χ4v) is 1.65. The van der Waals surface area contributed by atoms with Crippen molar-refractivity contribution in [3.8, 4) is 0 Å². The van der Waals surface area contributed by atoms with Crippen LogP contribution in [0.4, 0.5) is 11.4 Å². The number of anilines is 1. The maximum atomic E-state index is 5.85. The Kier molecular flexibility index (Phi) is 1.77. The van der Waals surface area contributed by atoms with E-state index in [0.717, 1.165) is 24.1 Å². The van der Waals surface area contributed by atoms with E-state index < -0.39 is 0 Å². The van der Waals surface area contributed by atoms with Gasteiger partial charge in [-0.3, -0.25) is 4.99 Å². The molecule has 0 unspecified atom stereocenters. The Morgan fingerprint density at radius 2 is 2.25 bits per heavy atom. The molecule has 0 aliphatic carbocycles. The van der Waals surface area contributed by atoms with Gasteiger partial charge in [0.05, 0.1) is 11.4 Å². The second-order valence-electron chi connectivity index (χ2n) is 2.85. The molecule has 0 saturated heterocycles. The molecule has 1 aromatic carbocycles. The molecule has 1 heterocycles. The average Bonchev–Trinajstić information content (AvgIpc) is 2.04. The molecule has 0 atom stereocenters. The Hall–Kier alpha value is -1.02. The van der Waals surface area contributed by atoms with Gasteiger partial charge in [0.1, 0.15) is 0 Å². The molecule has 12 heavy (non-hydrogen) atoms. The molecular weight excluding hydrogens is 172 g/mol. The normalized spacial score (nSPS) is 14.4. The van der Waals surface area contributed by atoms with Crippen molar-refractivity contribution < 1.29 is 0 Å². The quantitative estimate of drug-likeness (QED) is 0.613. The van der Waals surface area contributed by atoms with Crippen LogP contribution < -0.4 is 5.73 Å². The number of aliphatic imine (C=N–C) groups is 1. The van der Waals surface area contributed by atoms with E-state index in [0.29, 0.717) is 10.7 Å². The van der Waals surface area contributed by atoms with Crippen LogP contribution in [0.3, 0.4) is 0 Å². The lowest BCUT2D eigenvalue weighted by atomic mass is 10.0. The zero-order valence-electron chi connectivity index (χ0n) is 6.55. The number of hydrogen-bond acceptors (Lipinski definition) is 2. The van der Waals surface area contributed by atoms with Crippen LogP contribution in [-0.2, 0) is 6.42 Å². The van der Waals surface area contributed by atoms with Crippen molar-refractivity contribution in [2.75, 3.05) is 5.73 Å². The summed E-state index contributed by atoms with van der Waals surface area (Å²) in [6.45, 7) is 0. The van der Waals surface area contributed by atoms with E-state index in [2.05, 4.69) is 4.99 Å². The van der Waals surface area contributed by atoms with Crippen LogP contribution in [0, 0.1) is 0 Å². The van der Waals surface area contributed by atoms with Gasteiger partial charge in [-0.05, 0) is 30.5 Å². The second kappa shape index (κ2) is 2.79. The SMILES string of the molecule is Nc1cc(Cl)cc2c1N=CCC2. The molecule has 1 aliphatic rings. The molecule has 0 spiro atoms. The van der Waals surface area contributed by atoms with E-state index in [1.165, 1.54) is 0 Å². The number of fused-ring (bicyclic) bond motifs is 1. The summed E-state index contributed by atoms with van der Waals surface area (Å²) in [6.07, 6.45) is 3.86. The third kappa shape index (κ3) is 1.18. The second-order valence-corrected chi connectivity index (χ2v) is 3.29. The number of benzene rings is 1. The van der Waals surface area contributed by atoms with E-state index in [1.54, 1.807) is 6.07 Å². The van der Waals surface area contributed by atoms with Crippen LogP contribution in [-0.4, -0.2) is 6.21 Å². The van der Waals surface area contributed by atoms with E-state index in [9.17, 15) is 0 Å². The zero-order chi connectivity index (χ0) is 8.55. The van der Waals surface area contributed by atoms with Crippen molar-refractivity contribution in [1.82, 2.24) is 0 Å². The van der Waals surface area contributed by atoms with E-state index >= 15 is 0 Å². The largest absolute Gasteiger partial charge is 0.397 e. The highest BCUT2D eigenvalue weighted by atomic mass is 35.5. The van der Waals surface area contributed by atoms with Crippen molar-refractivity contribution >= 4 is 29.2 Å². The fraction of sp³-hybridized carbons (Fsp3) is 0.222. The van der Waals surface area contributed by atoms with Crippen molar-refractivity contribution in [3.05, 3.63) is 22.7 Å². The average molecular weight is 181 g/mol. The molecule has 2 N–H and O–H groups in total. The predicted molar refractivity (Wildman–Crippen MR) is 52.3 cm³/mol. The van der Waals surface area contributed by atoms with Gasteiger partial charge in [-0.2, -0.15) is 0 Å². The van der Waals surface area contributed by atoms with E-state index in [1.807, 2.05) is 12.3 Å². The number of hydrogen-bond donors (Lipinski definition) is 1. The number of rotatable bonds is 0. The lowest BCUT2D eigenvalue weighted by Gasteiger charge is -2.11. The monoisotopic (exact) mass is 180 g/mol. The number of nitrogens with zero attached hydrogens (tertiary/aromatic N) is 1. The van der Waals surface area contributed by atoms with Crippen LogP contribution >= 0.6 is 11.6 Å². The summed E-state index contributed by atoms with van der Waals surface area (Å²) < 4.78 is 0. The molecule has 0 amide bonds. The molecule has 0 saturated carbocycles. The van der Waals surface area contributed by atoms with Crippen LogP contribution in [0.15, 0.2) is 17.1 Å². The van der Waals surface area contributed by atoms with Crippen LogP contribution in [0.5, 0.6) is 0 Å². The van der Waals surface area contributed by atoms with Crippen LogP contribution in [0.2, 0.25) is 5.02 Å². The van der Waals surface area contributed by atoms with E-state index in [-0.39, 0.29) is 0 Å². The maximum absolute atomic E-state index is 5.85. The zero-order valence-corrected chi connectivity index (χ0v) is 7.30. The number of halogens is 1. The first kappa shape index (κ1) is 7.62. The Morgan fingerprint density at radius 3 is 3.08 bits per heavy atom. The van der Waals surface area contributed by atoms with Gasteiger partial charge < -0.3 is 5.73 Å². The minimum absolute atomic E-state index is 0.674. The summed E-state index contributed by atoms with van der Waals surface area (Å²) in [7, 11) is 0. The van der Waals surface area contributed by atoms with Crippen LogP contribution in [0.1, 0.15) is 12.0 Å². The van der Waals surface area contributed by atoms with Crippen molar-refractivity contribution in [3.63, 3.8) is 0 Å². The predicted octanol–water partition coefficient (Wildman–Crippen LogP) is 2.57. The summed E-state index contributed by atoms with van der Waals surface area (Å²) in [4.78, 5) is 4.23. The van der Waals surface area contributed by atoms with Gasteiger partial charge in [-0.25, -0.2) is 0 Å². The molecule has 1 aliphatic heterocycles. The summed E-state index contributed by atoms with van der Waals surface area (Å²) in [5, 5.41) is 0.698. The number of nitrogen functional groups attached to an aromatic ring is 1. The molecule has 0 bridgehead atoms. The summed E-state index contributed by atoms with van der Waals surface area (Å²) >= 11 is 5.85. The highest BCUT2D eigenvalue weighted by Crippen LogP contribution is 2.33. The van der Waals surface area contributed by atoms with Crippen LogP contribution in [0.25, 0.3) is 0 Å². The molecule has 2 nitrogen and oxygen atoms in total. The molecule has 0 fully saturated rings. The molecule has 1 aromatic rings. The van der Waals surface area contributed by atoms with Gasteiger partial charge in [0.25, 0.3) is 0 Å². The topological polar surface area (TPSA) is 38.4 Å². The molecular formula is C9H9ClN2. The van der Waals surface area contributed by atoms with Gasteiger partial charge in [-0.15, -0.1) is 0 Å². The summed E-state index contributed by atoms with van der Waals surface area (Å²) in [5.41, 5.74) is 8.47. The highest BCUT2D eigenvalue weighted by Gasteiger charge is 2.09. The first-order valence-corrected chi connectivity index (χ1v) is 4.25. The first-order valence-electron chi connectivity index (χ1n) is 3.88. The summed E-state index contributed by atoms with van der Waals surface area (Å²) in [5.74, 6) is 0. The molecule has 0 radical (unpaired) electrons. The van der Waals surface area contributed by atoms with Gasteiger partial charge in [0.15, 0.2) is 0 Å². The van der Waals surface area contributed by atoms with Crippen molar-refractivity contribution in [2.24, 2.45) is 4.99 Å². The Morgan fingerprint density at radius 1 is 1.42 bits per heavy atom. The highest BCUT2D eigenvalue weighted by molar-refractivity contribution is 6.31. The minimum Gasteiger partial charge on any atom is -0.397 e. The van der Waals surface area contributed by atoms with Crippen molar-refractivity contribution in [2.45, 2.75) is 12.8 Å². The molecule has 0 aromatic heterocycles. The van der Waals surface area contributed by atoms with Gasteiger partial charge in [-0.1, -0.05) is 11.6 Å². The van der Waals surface area contributed by atoms with Gasteiger partial charge in [0, 0.05) is 11.2 Å². The first-order chi connectivity index (χ1) is 5.77. The minimum atomic E-state index is 0.674. The standard InChI is InChI=1S/C9H9ClN2/c10-7-4-6-2-1-3-12-9(6)8(11)5-7/h3-5H,1-2,11H2. The molecule has 62 valence electrons. The Balaban J connectivity index is 2.62. The maximum Gasteiger partial charge on any atom is 0.0888 e. The third-order valence-electron chi connectivity index (χ3n) is 1.95. The Labute approximate surface area is 76.1 Å². The fourth-order valence-electron chi connectivity index (χ4n) is 1.40. The molecule has 3 heteroatoms. The Bertz CT molecular complexity index is 345. The lowest BCUT2D eigenvalue weighted by molar-refractivity contribution is 1.03. The number of aryl methyl sites for hydroxylation is 1. The lowest BCUT2D eigenvalue weighted by Crippen LogP contribution is -1.97. The van der Waals surface area contributed by atoms with Gasteiger partial charge in [0.2, 0.25) is 0 Å². The van der Waals surface area contributed by atoms with Crippen molar-refractivity contribution in [1.29, 1.82) is 0 Å². The number of nitrogens with two attached hydrogens (primary N) is 1. The van der Waals surface area contributed by atoms with Gasteiger partial charge >= 0.3 is 0 Å². The molecule has 2 rings (SSSR count). The summed E-state index contributed by atoms with van der Waals surface area (Å²) in [6, 6.07) is 3.67. The van der Waals surface area contributed by atoms with E-state index in [4.69, 9.17) is 17.3 Å². The smallest absolute Gasteiger partial charge is 0.0888 e.